The van der Waals surface area contributed by atoms with Crippen LogP contribution in [0.25, 0.3) is 0 Å². The van der Waals surface area contributed by atoms with Crippen LogP contribution in [0.4, 0.5) is 13.2 Å². The number of rotatable bonds is 9. The lowest BCUT2D eigenvalue weighted by Crippen LogP contribution is -2.38. The Bertz CT molecular complexity index is 1540. The highest BCUT2D eigenvalue weighted by Gasteiger charge is 2.33. The summed E-state index contributed by atoms with van der Waals surface area (Å²) in [6.45, 7) is 2.59. The molecule has 0 aromatic heterocycles. The zero-order valence-corrected chi connectivity index (χ0v) is 24.2. The second kappa shape index (κ2) is 13.0. The number of sulfonamides is 1. The number of carbonyl (C=O) groups excluding carboxylic acids is 1. The summed E-state index contributed by atoms with van der Waals surface area (Å²) >= 11 is 0. The second-order valence-corrected chi connectivity index (χ2v) is 12.7. The van der Waals surface area contributed by atoms with E-state index in [0.717, 1.165) is 48.7 Å². The first-order valence-electron chi connectivity index (χ1n) is 14.2. The first kappa shape index (κ1) is 31.0. The minimum Gasteiger partial charge on any atom is -0.493 e. The molecule has 3 N–H and O–H groups in total. The lowest BCUT2D eigenvalue weighted by Gasteiger charge is -2.31. The molecule has 0 radical (unpaired) electrons. The smallest absolute Gasteiger partial charge is 0.416 e. The Balaban J connectivity index is 1.30. The van der Waals surface area contributed by atoms with Crippen LogP contribution in [0.2, 0.25) is 0 Å². The molecule has 12 heteroatoms. The molecule has 1 amide bonds. The van der Waals surface area contributed by atoms with E-state index in [-0.39, 0.29) is 18.6 Å². The van der Waals surface area contributed by atoms with Gasteiger partial charge in [-0.05, 0) is 54.8 Å². The van der Waals surface area contributed by atoms with Crippen LogP contribution in [0.3, 0.4) is 0 Å². The number of hydrogen-bond acceptors (Lipinski definition) is 6. The second-order valence-electron chi connectivity index (χ2n) is 11.0. The molecule has 3 aromatic carbocycles. The number of carbonyl (C=O) groups is 1. The number of nitrogens with zero attached hydrogens (tertiary/aromatic N) is 1. The topological polar surface area (TPSA) is 108 Å². The summed E-state index contributed by atoms with van der Waals surface area (Å²) in [6.07, 6.45) is -3.04. The first-order chi connectivity index (χ1) is 20.5. The van der Waals surface area contributed by atoms with E-state index in [1.165, 1.54) is 0 Å². The van der Waals surface area contributed by atoms with Gasteiger partial charge in [0, 0.05) is 31.5 Å². The van der Waals surface area contributed by atoms with Gasteiger partial charge in [-0.1, -0.05) is 48.5 Å². The van der Waals surface area contributed by atoms with Gasteiger partial charge in [0.1, 0.15) is 5.75 Å². The van der Waals surface area contributed by atoms with Crippen molar-refractivity contribution in [1.29, 1.82) is 0 Å². The Morgan fingerprint density at radius 3 is 2.58 bits per heavy atom. The van der Waals surface area contributed by atoms with Crippen molar-refractivity contribution in [3.63, 3.8) is 0 Å². The van der Waals surface area contributed by atoms with E-state index in [0.29, 0.717) is 43.5 Å². The molecular formula is C31H34F3N3O5S. The quantitative estimate of drug-likeness (QED) is 0.321. The summed E-state index contributed by atoms with van der Waals surface area (Å²) < 4.78 is 74.4. The highest BCUT2D eigenvalue weighted by Crippen LogP contribution is 2.34. The van der Waals surface area contributed by atoms with Gasteiger partial charge in [-0.3, -0.25) is 9.69 Å². The molecule has 3 atom stereocenters. The molecule has 43 heavy (non-hydrogen) atoms. The van der Waals surface area contributed by atoms with Gasteiger partial charge in [0.05, 0.1) is 35.3 Å². The van der Waals surface area contributed by atoms with Crippen molar-refractivity contribution in [3.8, 4) is 5.75 Å². The number of ether oxygens (including phenoxy) is 1. The van der Waals surface area contributed by atoms with Crippen LogP contribution in [0, 0.1) is 0 Å². The van der Waals surface area contributed by atoms with E-state index >= 15 is 0 Å². The fraction of sp³-hybridized carbons (Fsp3) is 0.387. The van der Waals surface area contributed by atoms with E-state index in [9.17, 15) is 31.5 Å². The molecule has 2 aliphatic rings. The van der Waals surface area contributed by atoms with Crippen LogP contribution in [0.5, 0.6) is 5.75 Å². The van der Waals surface area contributed by atoms with Gasteiger partial charge in [0.15, 0.2) is 0 Å². The standard InChI is InChI=1S/C31H34F3N3O5S/c32-31(33,34)23-8-4-10-25(17-23)43(40,41)36-28(22-6-2-1-3-7-22)18-30(39)35-27-13-15-42-29-16-21(11-12-26(27)29)19-37-14-5-9-24(38)20-37/h1-4,6-8,10-12,16-17,24,27-28,36,38H,5,9,13-15,18-20H2,(H,35,39)/t24?,27-,28-/m1/s1. The van der Waals surface area contributed by atoms with Crippen molar-refractivity contribution in [2.24, 2.45) is 0 Å². The van der Waals surface area contributed by atoms with Crippen molar-refractivity contribution in [1.82, 2.24) is 14.9 Å². The minimum atomic E-state index is -4.71. The van der Waals surface area contributed by atoms with Crippen molar-refractivity contribution in [3.05, 3.63) is 95.1 Å². The van der Waals surface area contributed by atoms with E-state index in [2.05, 4.69) is 14.9 Å². The number of aliphatic hydroxyl groups is 1. The number of likely N-dealkylation sites (tertiary alicyclic amines) is 1. The third-order valence-corrected chi connectivity index (χ3v) is 9.17. The molecule has 0 saturated carbocycles. The molecule has 2 heterocycles. The SMILES string of the molecule is O=C(C[C@@H](NS(=O)(=O)c1cccc(C(F)(F)F)c1)c1ccccc1)N[C@@H]1CCOc2cc(CN3CCCC(O)C3)ccc21. The number of benzene rings is 3. The number of piperidine rings is 1. The van der Waals surface area contributed by atoms with Crippen LogP contribution < -0.4 is 14.8 Å². The largest absolute Gasteiger partial charge is 0.493 e. The maximum Gasteiger partial charge on any atom is 0.416 e. The molecule has 2 aliphatic heterocycles. The van der Waals surface area contributed by atoms with Crippen molar-refractivity contribution in [2.75, 3.05) is 19.7 Å². The van der Waals surface area contributed by atoms with Gasteiger partial charge in [-0.2, -0.15) is 13.2 Å². The summed E-state index contributed by atoms with van der Waals surface area (Å²) in [6, 6.07) is 16.4. The molecule has 0 spiro atoms. The monoisotopic (exact) mass is 617 g/mol. The van der Waals surface area contributed by atoms with Crippen LogP contribution in [0.15, 0.2) is 77.7 Å². The molecule has 1 fully saturated rings. The fourth-order valence-corrected chi connectivity index (χ4v) is 6.83. The molecule has 5 rings (SSSR count). The Morgan fingerprint density at radius 2 is 1.84 bits per heavy atom. The molecule has 230 valence electrons. The van der Waals surface area contributed by atoms with Gasteiger partial charge in [-0.25, -0.2) is 13.1 Å². The normalized spacial score (nSPS) is 20.1. The summed E-state index contributed by atoms with van der Waals surface area (Å²) in [5.74, 6) is 0.237. The summed E-state index contributed by atoms with van der Waals surface area (Å²) in [5, 5.41) is 13.0. The van der Waals surface area contributed by atoms with Crippen molar-refractivity contribution >= 4 is 15.9 Å². The average molecular weight is 618 g/mol. The third-order valence-electron chi connectivity index (χ3n) is 7.70. The van der Waals surface area contributed by atoms with Crippen molar-refractivity contribution in [2.45, 2.75) is 61.5 Å². The summed E-state index contributed by atoms with van der Waals surface area (Å²) in [4.78, 5) is 15.0. The molecular weight excluding hydrogens is 583 g/mol. The summed E-state index contributed by atoms with van der Waals surface area (Å²) in [7, 11) is -4.41. The van der Waals surface area contributed by atoms with Gasteiger partial charge in [0.2, 0.25) is 15.9 Å². The molecule has 1 saturated heterocycles. The van der Waals surface area contributed by atoms with Crippen LogP contribution in [-0.2, 0) is 27.5 Å². The predicted molar refractivity (Wildman–Crippen MR) is 154 cm³/mol. The van der Waals surface area contributed by atoms with Gasteiger partial charge in [0.25, 0.3) is 0 Å². The maximum atomic E-state index is 13.3. The van der Waals surface area contributed by atoms with E-state index in [1.54, 1.807) is 30.3 Å². The predicted octanol–water partition coefficient (Wildman–Crippen LogP) is 4.71. The molecule has 0 bridgehead atoms. The fourth-order valence-electron chi connectivity index (χ4n) is 5.56. The number of amides is 1. The zero-order chi connectivity index (χ0) is 30.6. The van der Waals surface area contributed by atoms with Crippen LogP contribution >= 0.6 is 0 Å². The molecule has 3 aromatic rings. The number of alkyl halides is 3. The zero-order valence-electron chi connectivity index (χ0n) is 23.4. The number of β-amino-alcohol motifs (C(OH)–C–C–N with tert-alkyl or cyclic N) is 1. The lowest BCUT2D eigenvalue weighted by molar-refractivity contribution is -0.137. The molecule has 0 aliphatic carbocycles. The van der Waals surface area contributed by atoms with Crippen LogP contribution in [-0.4, -0.2) is 50.1 Å². The number of fused-ring (bicyclic) bond motifs is 1. The number of aliphatic hydroxyl groups excluding tert-OH is 1. The number of hydrogen-bond donors (Lipinski definition) is 3. The Kier molecular flexibility index (Phi) is 9.40. The Labute approximate surface area is 248 Å². The van der Waals surface area contributed by atoms with Crippen molar-refractivity contribution < 1.29 is 36.2 Å². The van der Waals surface area contributed by atoms with E-state index in [1.807, 2.05) is 18.2 Å². The van der Waals surface area contributed by atoms with Gasteiger partial charge in [-0.15, -0.1) is 0 Å². The van der Waals surface area contributed by atoms with E-state index in [4.69, 9.17) is 4.74 Å². The minimum absolute atomic E-state index is 0.274. The summed E-state index contributed by atoms with van der Waals surface area (Å²) in [5.41, 5.74) is 1.25. The lowest BCUT2D eigenvalue weighted by atomic mass is 9.97. The Hall–Kier alpha value is -3.45. The highest BCUT2D eigenvalue weighted by atomic mass is 32.2. The average Bonchev–Trinajstić information content (AvgIpc) is 2.97. The number of nitrogens with one attached hydrogen (secondary N) is 2. The van der Waals surface area contributed by atoms with Gasteiger partial charge < -0.3 is 15.2 Å². The maximum absolute atomic E-state index is 13.3. The van der Waals surface area contributed by atoms with Crippen LogP contribution in [0.1, 0.15) is 60.0 Å². The Morgan fingerprint density at radius 1 is 1.05 bits per heavy atom. The van der Waals surface area contributed by atoms with E-state index < -0.39 is 38.6 Å². The highest BCUT2D eigenvalue weighted by molar-refractivity contribution is 7.89. The molecule has 1 unspecified atom stereocenters. The first-order valence-corrected chi connectivity index (χ1v) is 15.7. The van der Waals surface area contributed by atoms with Gasteiger partial charge >= 0.3 is 6.18 Å². The third kappa shape index (κ3) is 7.94. The molecule has 8 nitrogen and oxygen atoms in total. The number of halogens is 3.